The molecular weight excluding hydrogens is 414 g/mol. The molecule has 26 heavy (non-hydrogen) atoms. The number of nitrogens with one attached hydrogen (secondary N) is 2. The van der Waals surface area contributed by atoms with E-state index in [1.807, 2.05) is 19.1 Å². The average molecular weight is 438 g/mol. The molecule has 0 spiro atoms. The summed E-state index contributed by atoms with van der Waals surface area (Å²) in [5, 5.41) is 7.10. The maximum atomic E-state index is 12.5. The van der Waals surface area contributed by atoms with Gasteiger partial charge < -0.3 is 10.1 Å². The van der Waals surface area contributed by atoms with Crippen LogP contribution in [0.15, 0.2) is 28.7 Å². The number of anilines is 1. The van der Waals surface area contributed by atoms with E-state index >= 15 is 0 Å². The van der Waals surface area contributed by atoms with Crippen LogP contribution in [0, 0.1) is 6.92 Å². The van der Waals surface area contributed by atoms with E-state index in [9.17, 15) is 4.79 Å². The SMILES string of the molecule is CCc1nc(NC(=O)CNC2(c3cccc(Br)c3)CCOCC2)sc1C. The number of hydrogen-bond acceptors (Lipinski definition) is 5. The van der Waals surface area contributed by atoms with Gasteiger partial charge in [-0.25, -0.2) is 4.98 Å². The van der Waals surface area contributed by atoms with Crippen LogP contribution in [0.5, 0.6) is 0 Å². The van der Waals surface area contributed by atoms with Crippen molar-refractivity contribution >= 4 is 38.3 Å². The number of hydrogen-bond donors (Lipinski definition) is 2. The van der Waals surface area contributed by atoms with Gasteiger partial charge in [-0.05, 0) is 43.9 Å². The predicted octanol–water partition coefficient (Wildman–Crippen LogP) is 4.01. The van der Waals surface area contributed by atoms with Crippen LogP contribution in [0.4, 0.5) is 5.13 Å². The minimum absolute atomic E-state index is 0.0673. The zero-order valence-electron chi connectivity index (χ0n) is 15.1. The van der Waals surface area contributed by atoms with Crippen molar-refractivity contribution in [3.8, 4) is 0 Å². The van der Waals surface area contributed by atoms with Crippen LogP contribution in [0.25, 0.3) is 0 Å². The number of benzene rings is 1. The van der Waals surface area contributed by atoms with Crippen molar-refractivity contribution in [3.63, 3.8) is 0 Å². The second-order valence-electron chi connectivity index (χ2n) is 6.48. The van der Waals surface area contributed by atoms with Gasteiger partial charge in [0.2, 0.25) is 5.91 Å². The first kappa shape index (κ1) is 19.5. The predicted molar refractivity (Wildman–Crippen MR) is 109 cm³/mol. The van der Waals surface area contributed by atoms with Crippen molar-refractivity contribution in [3.05, 3.63) is 44.9 Å². The Balaban J connectivity index is 1.68. The molecule has 5 nitrogen and oxygen atoms in total. The molecule has 0 radical (unpaired) electrons. The van der Waals surface area contributed by atoms with Gasteiger partial charge in [0.15, 0.2) is 5.13 Å². The normalized spacial score (nSPS) is 16.4. The molecule has 1 amide bonds. The lowest BCUT2D eigenvalue weighted by atomic mass is 9.82. The molecular formula is C19H24BrN3O2S. The molecule has 1 aliphatic rings. The summed E-state index contributed by atoms with van der Waals surface area (Å²) in [5.41, 5.74) is 1.99. The molecule has 7 heteroatoms. The fourth-order valence-corrected chi connectivity index (χ4v) is 4.61. The van der Waals surface area contributed by atoms with Gasteiger partial charge in [0.05, 0.1) is 12.2 Å². The van der Waals surface area contributed by atoms with Gasteiger partial charge in [0.1, 0.15) is 0 Å². The van der Waals surface area contributed by atoms with Crippen molar-refractivity contribution in [1.82, 2.24) is 10.3 Å². The van der Waals surface area contributed by atoms with E-state index in [4.69, 9.17) is 4.74 Å². The van der Waals surface area contributed by atoms with E-state index in [0.29, 0.717) is 18.3 Å². The highest BCUT2D eigenvalue weighted by molar-refractivity contribution is 9.10. The molecule has 140 valence electrons. The molecule has 0 unspecified atom stereocenters. The Morgan fingerprint density at radius 2 is 2.15 bits per heavy atom. The van der Waals surface area contributed by atoms with E-state index in [1.54, 1.807) is 0 Å². The summed E-state index contributed by atoms with van der Waals surface area (Å²) in [6.45, 7) is 5.72. The van der Waals surface area contributed by atoms with Gasteiger partial charge in [0, 0.05) is 28.1 Å². The van der Waals surface area contributed by atoms with E-state index in [2.05, 4.69) is 50.6 Å². The van der Waals surface area contributed by atoms with Crippen molar-refractivity contribution in [2.75, 3.05) is 25.1 Å². The number of rotatable bonds is 6. The van der Waals surface area contributed by atoms with E-state index in [1.165, 1.54) is 16.9 Å². The van der Waals surface area contributed by atoms with Gasteiger partial charge in [-0.2, -0.15) is 0 Å². The Labute approximate surface area is 166 Å². The summed E-state index contributed by atoms with van der Waals surface area (Å²) in [4.78, 5) is 18.1. The van der Waals surface area contributed by atoms with Gasteiger partial charge >= 0.3 is 0 Å². The van der Waals surface area contributed by atoms with Crippen molar-refractivity contribution in [1.29, 1.82) is 0 Å². The number of thiazole rings is 1. The van der Waals surface area contributed by atoms with Gasteiger partial charge in [-0.1, -0.05) is 35.0 Å². The lowest BCUT2D eigenvalue weighted by Crippen LogP contribution is -2.49. The molecule has 1 aromatic carbocycles. The summed E-state index contributed by atoms with van der Waals surface area (Å²) in [7, 11) is 0. The van der Waals surface area contributed by atoms with Crippen LogP contribution < -0.4 is 10.6 Å². The Bertz CT molecular complexity index is 772. The summed E-state index contributed by atoms with van der Waals surface area (Å²) in [6, 6.07) is 8.27. The van der Waals surface area contributed by atoms with Crippen molar-refractivity contribution in [2.45, 2.75) is 38.6 Å². The van der Waals surface area contributed by atoms with Gasteiger partial charge in [-0.15, -0.1) is 11.3 Å². The lowest BCUT2D eigenvalue weighted by molar-refractivity contribution is -0.116. The average Bonchev–Trinajstić information content (AvgIpc) is 3.00. The molecule has 0 saturated carbocycles. The van der Waals surface area contributed by atoms with E-state index in [0.717, 1.165) is 34.3 Å². The smallest absolute Gasteiger partial charge is 0.240 e. The number of halogens is 1. The Morgan fingerprint density at radius 1 is 1.38 bits per heavy atom. The maximum Gasteiger partial charge on any atom is 0.240 e. The van der Waals surface area contributed by atoms with Crippen LogP contribution in [0.3, 0.4) is 0 Å². The molecule has 1 aromatic heterocycles. The first-order valence-electron chi connectivity index (χ1n) is 8.87. The molecule has 1 aliphatic heterocycles. The third kappa shape index (κ3) is 4.52. The molecule has 2 heterocycles. The molecule has 1 saturated heterocycles. The highest BCUT2D eigenvalue weighted by atomic mass is 79.9. The van der Waals surface area contributed by atoms with Crippen LogP contribution in [0.2, 0.25) is 0 Å². The topological polar surface area (TPSA) is 63.2 Å². The number of aromatic nitrogens is 1. The lowest BCUT2D eigenvalue weighted by Gasteiger charge is -2.38. The number of aryl methyl sites for hydroxylation is 2. The monoisotopic (exact) mass is 437 g/mol. The summed E-state index contributed by atoms with van der Waals surface area (Å²) < 4.78 is 6.59. The molecule has 0 atom stereocenters. The number of amides is 1. The maximum absolute atomic E-state index is 12.5. The first-order chi connectivity index (χ1) is 12.5. The third-order valence-corrected chi connectivity index (χ3v) is 6.21. The number of ether oxygens (including phenoxy) is 1. The summed E-state index contributed by atoms with van der Waals surface area (Å²) in [5.74, 6) is -0.0673. The quantitative estimate of drug-likeness (QED) is 0.716. The summed E-state index contributed by atoms with van der Waals surface area (Å²) >= 11 is 5.08. The third-order valence-electron chi connectivity index (χ3n) is 4.78. The second-order valence-corrected chi connectivity index (χ2v) is 8.60. The minimum atomic E-state index is -0.243. The second kappa shape index (κ2) is 8.61. The van der Waals surface area contributed by atoms with Gasteiger partial charge in [0.25, 0.3) is 0 Å². The van der Waals surface area contributed by atoms with Crippen LogP contribution >= 0.6 is 27.3 Å². The van der Waals surface area contributed by atoms with Crippen molar-refractivity contribution < 1.29 is 9.53 Å². The van der Waals surface area contributed by atoms with Crippen LogP contribution in [-0.2, 0) is 21.5 Å². The number of carbonyl (C=O) groups is 1. The van der Waals surface area contributed by atoms with Crippen LogP contribution in [-0.4, -0.2) is 30.6 Å². The zero-order valence-corrected chi connectivity index (χ0v) is 17.5. The molecule has 0 aliphatic carbocycles. The molecule has 1 fully saturated rings. The number of carbonyl (C=O) groups excluding carboxylic acids is 1. The van der Waals surface area contributed by atoms with Crippen LogP contribution in [0.1, 0.15) is 35.9 Å². The van der Waals surface area contributed by atoms with Gasteiger partial charge in [-0.3, -0.25) is 10.1 Å². The largest absolute Gasteiger partial charge is 0.381 e. The van der Waals surface area contributed by atoms with E-state index in [-0.39, 0.29) is 18.0 Å². The standard InChI is InChI=1S/C19H24BrN3O2S/c1-3-16-13(2)26-18(22-16)23-17(24)12-21-19(7-9-25-10-8-19)14-5-4-6-15(20)11-14/h4-6,11,21H,3,7-10,12H2,1-2H3,(H,22,23,24). The first-order valence-corrected chi connectivity index (χ1v) is 10.5. The highest BCUT2D eigenvalue weighted by Gasteiger charge is 2.34. The fourth-order valence-electron chi connectivity index (χ4n) is 3.30. The Morgan fingerprint density at radius 3 is 2.81 bits per heavy atom. The molecule has 0 bridgehead atoms. The van der Waals surface area contributed by atoms with Crippen molar-refractivity contribution in [2.24, 2.45) is 0 Å². The Hall–Kier alpha value is -1.28. The fraction of sp³-hybridized carbons (Fsp3) is 0.474. The van der Waals surface area contributed by atoms with E-state index < -0.39 is 0 Å². The molecule has 3 rings (SSSR count). The molecule has 2 aromatic rings. The highest BCUT2D eigenvalue weighted by Crippen LogP contribution is 2.33. The minimum Gasteiger partial charge on any atom is -0.381 e. The summed E-state index contributed by atoms with van der Waals surface area (Å²) in [6.07, 6.45) is 2.56. The molecule has 2 N–H and O–H groups in total. The zero-order chi connectivity index (χ0) is 18.6. The number of nitrogens with zero attached hydrogens (tertiary/aromatic N) is 1. The Kier molecular flexibility index (Phi) is 6.45.